The highest BCUT2D eigenvalue weighted by Crippen LogP contribution is 2.39. The van der Waals surface area contributed by atoms with Crippen molar-refractivity contribution >= 4 is 5.82 Å². The molecule has 0 radical (unpaired) electrons. The number of aromatic nitrogens is 2. The fourth-order valence-corrected chi connectivity index (χ4v) is 2.25. The fraction of sp³-hybridized carbons (Fsp3) is 0.667. The molecule has 0 amide bonds. The number of nitrogens with one attached hydrogen (secondary N) is 1. The van der Waals surface area contributed by atoms with E-state index in [4.69, 9.17) is 9.97 Å². The number of hydrogen-bond acceptors (Lipinski definition) is 4. The summed E-state index contributed by atoms with van der Waals surface area (Å²) in [6.45, 7) is 1.94. The minimum Gasteiger partial charge on any atom is -0.362 e. The zero-order valence-electron chi connectivity index (χ0n) is 9.95. The Morgan fingerprint density at radius 2 is 2.06 bits per heavy atom. The predicted octanol–water partition coefficient (Wildman–Crippen LogP) is 1.07. The third-order valence-corrected chi connectivity index (χ3v) is 3.30. The van der Waals surface area contributed by atoms with Gasteiger partial charge in [-0.1, -0.05) is 0 Å². The molecule has 0 unspecified atom stereocenters. The van der Waals surface area contributed by atoms with Crippen molar-refractivity contribution < 1.29 is 0 Å². The molecule has 16 heavy (non-hydrogen) atoms. The number of nitrogens with zero attached hydrogens (tertiary/aromatic N) is 3. The lowest BCUT2D eigenvalue weighted by Crippen LogP contribution is -2.28. The molecule has 1 fully saturated rings. The van der Waals surface area contributed by atoms with Crippen LogP contribution in [0.4, 0.5) is 5.82 Å². The number of hydrogen-bond donors (Lipinski definition) is 1. The Balaban J connectivity index is 2.08. The molecule has 0 aromatic carbocycles. The summed E-state index contributed by atoms with van der Waals surface area (Å²) in [4.78, 5) is 11.6. The second-order valence-electron chi connectivity index (χ2n) is 4.93. The molecule has 3 rings (SSSR count). The molecule has 1 aliphatic heterocycles. The second-order valence-corrected chi connectivity index (χ2v) is 4.93. The van der Waals surface area contributed by atoms with Crippen LogP contribution in [0.3, 0.4) is 0 Å². The number of fused-ring (bicyclic) bond motifs is 1. The van der Waals surface area contributed by atoms with Crippen LogP contribution in [-0.4, -0.2) is 30.6 Å². The molecule has 4 heteroatoms. The lowest BCUT2D eigenvalue weighted by molar-refractivity contribution is 0.616. The highest BCUT2D eigenvalue weighted by molar-refractivity contribution is 5.49. The molecule has 2 aliphatic rings. The van der Waals surface area contributed by atoms with E-state index in [0.29, 0.717) is 5.92 Å². The lowest BCUT2D eigenvalue weighted by Gasteiger charge is -2.23. The van der Waals surface area contributed by atoms with Crippen LogP contribution >= 0.6 is 0 Å². The van der Waals surface area contributed by atoms with Crippen molar-refractivity contribution in [2.75, 3.05) is 25.5 Å². The molecular formula is C12H18N4. The molecular weight excluding hydrogens is 200 g/mol. The van der Waals surface area contributed by atoms with Gasteiger partial charge in [-0.3, -0.25) is 0 Å². The SMILES string of the molecule is CN(C)c1nc(C2CC2)nc2c1CCNC2. The van der Waals surface area contributed by atoms with Gasteiger partial charge >= 0.3 is 0 Å². The summed E-state index contributed by atoms with van der Waals surface area (Å²) in [7, 11) is 4.14. The molecule has 86 valence electrons. The Kier molecular flexibility index (Phi) is 2.32. The van der Waals surface area contributed by atoms with Crippen LogP contribution in [0, 0.1) is 0 Å². The van der Waals surface area contributed by atoms with Gasteiger partial charge < -0.3 is 10.2 Å². The van der Waals surface area contributed by atoms with Gasteiger partial charge in [-0.15, -0.1) is 0 Å². The van der Waals surface area contributed by atoms with E-state index in [1.54, 1.807) is 0 Å². The van der Waals surface area contributed by atoms with Crippen LogP contribution in [0.5, 0.6) is 0 Å². The van der Waals surface area contributed by atoms with E-state index in [1.807, 2.05) is 0 Å². The van der Waals surface area contributed by atoms with Crippen molar-refractivity contribution in [2.45, 2.75) is 31.7 Å². The average molecular weight is 218 g/mol. The van der Waals surface area contributed by atoms with Gasteiger partial charge in [0.15, 0.2) is 0 Å². The summed E-state index contributed by atoms with van der Waals surface area (Å²) in [6.07, 6.45) is 3.58. The van der Waals surface area contributed by atoms with E-state index in [2.05, 4.69) is 24.3 Å². The summed E-state index contributed by atoms with van der Waals surface area (Å²) >= 11 is 0. The van der Waals surface area contributed by atoms with E-state index in [9.17, 15) is 0 Å². The minimum absolute atomic E-state index is 0.630. The molecule has 0 spiro atoms. The normalized spacial score (nSPS) is 19.4. The van der Waals surface area contributed by atoms with Gasteiger partial charge in [0.05, 0.1) is 5.69 Å². The first-order valence-corrected chi connectivity index (χ1v) is 6.03. The summed E-state index contributed by atoms with van der Waals surface area (Å²) in [5.74, 6) is 2.82. The largest absolute Gasteiger partial charge is 0.362 e. The van der Waals surface area contributed by atoms with Crippen molar-refractivity contribution in [2.24, 2.45) is 0 Å². The Morgan fingerprint density at radius 3 is 2.75 bits per heavy atom. The van der Waals surface area contributed by atoms with E-state index in [-0.39, 0.29) is 0 Å². The third kappa shape index (κ3) is 1.67. The van der Waals surface area contributed by atoms with Gasteiger partial charge in [0.2, 0.25) is 0 Å². The van der Waals surface area contributed by atoms with Gasteiger partial charge in [0.1, 0.15) is 11.6 Å². The second kappa shape index (κ2) is 3.70. The molecule has 1 N–H and O–H groups in total. The Bertz CT molecular complexity index is 410. The Labute approximate surface area is 96.1 Å². The number of anilines is 1. The van der Waals surface area contributed by atoms with Crippen LogP contribution in [0.2, 0.25) is 0 Å². The van der Waals surface area contributed by atoms with E-state index >= 15 is 0 Å². The number of rotatable bonds is 2. The van der Waals surface area contributed by atoms with E-state index < -0.39 is 0 Å². The topological polar surface area (TPSA) is 41.1 Å². The molecule has 1 aromatic rings. The van der Waals surface area contributed by atoms with Crippen LogP contribution in [0.15, 0.2) is 0 Å². The molecule has 2 heterocycles. The predicted molar refractivity (Wildman–Crippen MR) is 63.7 cm³/mol. The Hall–Kier alpha value is -1.16. The van der Waals surface area contributed by atoms with Gasteiger partial charge in [-0.2, -0.15) is 0 Å². The molecule has 1 aliphatic carbocycles. The first-order chi connectivity index (χ1) is 7.75. The first-order valence-electron chi connectivity index (χ1n) is 6.03. The molecule has 4 nitrogen and oxygen atoms in total. The highest BCUT2D eigenvalue weighted by Gasteiger charge is 2.29. The smallest absolute Gasteiger partial charge is 0.135 e. The van der Waals surface area contributed by atoms with Crippen LogP contribution in [0.1, 0.15) is 35.8 Å². The maximum atomic E-state index is 4.73. The van der Waals surface area contributed by atoms with Gasteiger partial charge in [-0.25, -0.2) is 9.97 Å². The van der Waals surface area contributed by atoms with E-state index in [0.717, 1.165) is 31.2 Å². The molecule has 0 atom stereocenters. The van der Waals surface area contributed by atoms with E-state index in [1.165, 1.54) is 24.1 Å². The first kappa shape index (κ1) is 10.0. The van der Waals surface area contributed by atoms with Crippen molar-refractivity contribution in [1.29, 1.82) is 0 Å². The summed E-state index contributed by atoms with van der Waals surface area (Å²) < 4.78 is 0. The summed E-state index contributed by atoms with van der Waals surface area (Å²) in [6, 6.07) is 0. The van der Waals surface area contributed by atoms with Crippen LogP contribution in [0.25, 0.3) is 0 Å². The van der Waals surface area contributed by atoms with Gasteiger partial charge in [0.25, 0.3) is 0 Å². The van der Waals surface area contributed by atoms with Crippen molar-refractivity contribution in [1.82, 2.24) is 15.3 Å². The maximum absolute atomic E-state index is 4.73. The van der Waals surface area contributed by atoms with Crippen molar-refractivity contribution in [3.63, 3.8) is 0 Å². The molecule has 1 saturated carbocycles. The van der Waals surface area contributed by atoms with Gasteiger partial charge in [-0.05, 0) is 25.8 Å². The monoisotopic (exact) mass is 218 g/mol. The summed E-state index contributed by atoms with van der Waals surface area (Å²) in [5.41, 5.74) is 2.56. The maximum Gasteiger partial charge on any atom is 0.135 e. The van der Waals surface area contributed by atoms with Crippen molar-refractivity contribution in [3.05, 3.63) is 17.1 Å². The van der Waals surface area contributed by atoms with Crippen LogP contribution in [-0.2, 0) is 13.0 Å². The molecule has 0 bridgehead atoms. The van der Waals surface area contributed by atoms with Crippen LogP contribution < -0.4 is 10.2 Å². The quantitative estimate of drug-likeness (QED) is 0.806. The average Bonchev–Trinajstić information content (AvgIpc) is 3.11. The zero-order valence-corrected chi connectivity index (χ0v) is 9.95. The molecule has 0 saturated heterocycles. The minimum atomic E-state index is 0.630. The lowest BCUT2D eigenvalue weighted by atomic mass is 10.1. The third-order valence-electron chi connectivity index (χ3n) is 3.30. The summed E-state index contributed by atoms with van der Waals surface area (Å²) in [5, 5.41) is 3.38. The highest BCUT2D eigenvalue weighted by atomic mass is 15.2. The van der Waals surface area contributed by atoms with Gasteiger partial charge in [0, 0.05) is 32.1 Å². The van der Waals surface area contributed by atoms with Crippen molar-refractivity contribution in [3.8, 4) is 0 Å². The fourth-order valence-electron chi connectivity index (χ4n) is 2.25. The Morgan fingerprint density at radius 1 is 1.25 bits per heavy atom. The standard InChI is InChI=1S/C12H18N4/c1-16(2)12-9-5-6-13-7-10(9)14-11(15-12)8-3-4-8/h8,13H,3-7H2,1-2H3. The molecule has 1 aromatic heterocycles. The zero-order chi connectivity index (χ0) is 11.1.